The van der Waals surface area contributed by atoms with Gasteiger partial charge in [-0.3, -0.25) is 5.01 Å². The molecule has 2 aliphatic rings. The fraction of sp³-hybridized carbons (Fsp3) is 1.00. The Bertz CT molecular complexity index is 247. The highest BCUT2D eigenvalue weighted by Gasteiger charge is 2.52. The van der Waals surface area contributed by atoms with E-state index in [2.05, 4.69) is 43.0 Å². The van der Waals surface area contributed by atoms with E-state index < -0.39 is 0 Å². The fourth-order valence-electron chi connectivity index (χ4n) is 2.92. The maximum atomic E-state index is 4.58. The summed E-state index contributed by atoms with van der Waals surface area (Å²) in [7, 11) is 0. The van der Waals surface area contributed by atoms with E-state index in [1.54, 1.807) is 0 Å². The number of rotatable bonds is 2. The molecule has 1 aliphatic heterocycles. The van der Waals surface area contributed by atoms with E-state index in [4.69, 9.17) is 0 Å². The van der Waals surface area contributed by atoms with Gasteiger partial charge >= 0.3 is 0 Å². The molecule has 0 bridgehead atoms. The van der Waals surface area contributed by atoms with Crippen LogP contribution in [0.4, 0.5) is 0 Å². The van der Waals surface area contributed by atoms with Gasteiger partial charge in [0.1, 0.15) is 5.54 Å². The highest BCUT2D eigenvalue weighted by atomic mass is 15.6. The summed E-state index contributed by atoms with van der Waals surface area (Å²) in [5.74, 6) is 0.613. The van der Waals surface area contributed by atoms with Gasteiger partial charge in [0.15, 0.2) is 0 Å². The van der Waals surface area contributed by atoms with Crippen molar-refractivity contribution in [3.8, 4) is 0 Å². The lowest BCUT2D eigenvalue weighted by Crippen LogP contribution is -2.46. The first kappa shape index (κ1) is 9.94. The van der Waals surface area contributed by atoms with E-state index in [1.807, 2.05) is 0 Å². The Hall–Kier alpha value is -0.600. The number of nitrogens with zero attached hydrogens (tertiary/aromatic N) is 3. The lowest BCUT2D eigenvalue weighted by atomic mass is 9.82. The Balaban J connectivity index is 2.25. The van der Waals surface area contributed by atoms with Crippen LogP contribution in [-0.2, 0) is 0 Å². The first-order valence-corrected chi connectivity index (χ1v) is 5.79. The Morgan fingerprint density at radius 1 is 1.29 bits per heavy atom. The minimum absolute atomic E-state index is 0.143. The quantitative estimate of drug-likeness (QED) is 0.665. The Morgan fingerprint density at radius 2 is 2.00 bits per heavy atom. The third-order valence-corrected chi connectivity index (χ3v) is 3.81. The van der Waals surface area contributed by atoms with E-state index in [1.165, 1.54) is 19.3 Å². The second-order valence-electron chi connectivity index (χ2n) is 5.22. The maximum absolute atomic E-state index is 4.58. The zero-order chi connectivity index (χ0) is 10.3. The summed E-state index contributed by atoms with van der Waals surface area (Å²) in [6.07, 6.45) is 3.80. The van der Waals surface area contributed by atoms with Crippen LogP contribution in [0.3, 0.4) is 0 Å². The normalized spacial score (nSPS) is 36.1. The predicted octanol–water partition coefficient (Wildman–Crippen LogP) is 3.02. The van der Waals surface area contributed by atoms with E-state index in [-0.39, 0.29) is 5.54 Å². The van der Waals surface area contributed by atoms with E-state index in [0.717, 1.165) is 0 Å². The first-order chi connectivity index (χ1) is 6.58. The number of fused-ring (bicyclic) bond motifs is 1. The topological polar surface area (TPSA) is 28.0 Å². The molecular formula is C11H21N3. The first-order valence-electron chi connectivity index (χ1n) is 5.79. The molecular weight excluding hydrogens is 174 g/mol. The summed E-state index contributed by atoms with van der Waals surface area (Å²) < 4.78 is 0. The molecule has 2 unspecified atom stereocenters. The van der Waals surface area contributed by atoms with Crippen molar-refractivity contribution in [2.75, 3.05) is 0 Å². The van der Waals surface area contributed by atoms with Crippen molar-refractivity contribution < 1.29 is 0 Å². The summed E-state index contributed by atoms with van der Waals surface area (Å²) >= 11 is 0. The molecule has 0 radical (unpaired) electrons. The summed E-state index contributed by atoms with van der Waals surface area (Å²) in [6.45, 7) is 8.96. The summed E-state index contributed by atoms with van der Waals surface area (Å²) in [5.41, 5.74) is 0.143. The van der Waals surface area contributed by atoms with Crippen LogP contribution in [0.5, 0.6) is 0 Å². The van der Waals surface area contributed by atoms with Crippen LogP contribution in [0.25, 0.3) is 0 Å². The zero-order valence-corrected chi connectivity index (χ0v) is 9.70. The molecule has 1 heterocycles. The van der Waals surface area contributed by atoms with Crippen molar-refractivity contribution in [2.45, 2.75) is 64.6 Å². The van der Waals surface area contributed by atoms with Gasteiger partial charge < -0.3 is 0 Å². The third-order valence-electron chi connectivity index (χ3n) is 3.81. The van der Waals surface area contributed by atoms with Crippen LogP contribution in [0.15, 0.2) is 10.3 Å². The molecule has 3 heteroatoms. The second kappa shape index (κ2) is 3.21. The van der Waals surface area contributed by atoms with Crippen LogP contribution >= 0.6 is 0 Å². The molecule has 0 aromatic carbocycles. The number of hydrogen-bond donors (Lipinski definition) is 0. The van der Waals surface area contributed by atoms with Crippen molar-refractivity contribution in [3.63, 3.8) is 0 Å². The lowest BCUT2D eigenvalue weighted by molar-refractivity contribution is 0.140. The van der Waals surface area contributed by atoms with Gasteiger partial charge in [-0.05, 0) is 39.0 Å². The molecule has 1 fully saturated rings. The Labute approximate surface area is 86.6 Å². The van der Waals surface area contributed by atoms with Crippen LogP contribution in [0.2, 0.25) is 0 Å². The molecule has 3 nitrogen and oxygen atoms in total. The van der Waals surface area contributed by atoms with Crippen molar-refractivity contribution in [1.82, 2.24) is 5.01 Å². The molecule has 0 N–H and O–H groups in total. The van der Waals surface area contributed by atoms with Gasteiger partial charge in [-0.25, -0.2) is 0 Å². The Kier molecular flexibility index (Phi) is 2.28. The summed E-state index contributed by atoms with van der Waals surface area (Å²) in [6, 6.07) is 1.06. The molecule has 2 atom stereocenters. The zero-order valence-electron chi connectivity index (χ0n) is 9.70. The number of hydrogen-bond acceptors (Lipinski definition) is 3. The standard InChI is InChI=1S/C11H21N3/c1-8(2)11-7-5-6-10(11)14(9(3)4)13-12-11/h8-10H,5-7H2,1-4H3. The maximum Gasteiger partial charge on any atom is 0.108 e. The van der Waals surface area contributed by atoms with E-state index in [0.29, 0.717) is 18.0 Å². The van der Waals surface area contributed by atoms with Gasteiger partial charge in [-0.2, -0.15) is 5.11 Å². The Morgan fingerprint density at radius 3 is 2.57 bits per heavy atom. The van der Waals surface area contributed by atoms with Crippen molar-refractivity contribution in [2.24, 2.45) is 16.3 Å². The summed E-state index contributed by atoms with van der Waals surface area (Å²) in [5, 5.41) is 11.2. The third kappa shape index (κ3) is 1.17. The minimum Gasteiger partial charge on any atom is -0.271 e. The van der Waals surface area contributed by atoms with Gasteiger partial charge in [-0.15, -0.1) is 0 Å². The molecule has 2 rings (SSSR count). The van der Waals surface area contributed by atoms with Crippen LogP contribution < -0.4 is 0 Å². The fourth-order valence-corrected chi connectivity index (χ4v) is 2.92. The van der Waals surface area contributed by atoms with Crippen LogP contribution in [0.1, 0.15) is 47.0 Å². The molecule has 0 amide bonds. The molecule has 0 aromatic rings. The van der Waals surface area contributed by atoms with E-state index >= 15 is 0 Å². The van der Waals surface area contributed by atoms with Gasteiger partial charge in [-0.1, -0.05) is 19.1 Å². The van der Waals surface area contributed by atoms with Crippen molar-refractivity contribution in [3.05, 3.63) is 0 Å². The van der Waals surface area contributed by atoms with Gasteiger partial charge in [0.05, 0.1) is 6.04 Å². The predicted molar refractivity (Wildman–Crippen MR) is 57.0 cm³/mol. The highest BCUT2D eigenvalue weighted by molar-refractivity contribution is 5.08. The average Bonchev–Trinajstić information content (AvgIpc) is 2.58. The molecule has 0 saturated heterocycles. The highest BCUT2D eigenvalue weighted by Crippen LogP contribution is 2.46. The monoisotopic (exact) mass is 195 g/mol. The molecule has 0 spiro atoms. The van der Waals surface area contributed by atoms with Gasteiger partial charge in [0, 0.05) is 6.04 Å². The van der Waals surface area contributed by atoms with Crippen molar-refractivity contribution in [1.29, 1.82) is 0 Å². The van der Waals surface area contributed by atoms with Gasteiger partial charge in [0.25, 0.3) is 0 Å². The largest absolute Gasteiger partial charge is 0.271 e. The van der Waals surface area contributed by atoms with E-state index in [9.17, 15) is 0 Å². The molecule has 14 heavy (non-hydrogen) atoms. The lowest BCUT2D eigenvalue weighted by Gasteiger charge is -2.33. The van der Waals surface area contributed by atoms with Crippen molar-refractivity contribution >= 4 is 0 Å². The molecule has 1 aliphatic carbocycles. The second-order valence-corrected chi connectivity index (χ2v) is 5.22. The molecule has 1 saturated carbocycles. The average molecular weight is 195 g/mol. The summed E-state index contributed by atoms with van der Waals surface area (Å²) in [4.78, 5) is 0. The molecule has 0 aromatic heterocycles. The SMILES string of the molecule is CC(C)N1N=NC2(C(C)C)CCCC12. The smallest absolute Gasteiger partial charge is 0.108 e. The minimum atomic E-state index is 0.143. The van der Waals surface area contributed by atoms with Crippen LogP contribution in [0, 0.1) is 5.92 Å². The van der Waals surface area contributed by atoms with Gasteiger partial charge in [0.2, 0.25) is 0 Å². The van der Waals surface area contributed by atoms with Crippen LogP contribution in [-0.4, -0.2) is 22.6 Å². The molecule has 80 valence electrons.